The summed E-state index contributed by atoms with van der Waals surface area (Å²) in [6.45, 7) is 4.71. The van der Waals surface area contributed by atoms with Gasteiger partial charge in [-0.1, -0.05) is 18.2 Å². The van der Waals surface area contributed by atoms with E-state index >= 15 is 0 Å². The maximum absolute atomic E-state index is 12.4. The van der Waals surface area contributed by atoms with E-state index in [0.29, 0.717) is 18.2 Å². The number of carbonyl (C=O) groups is 1. The van der Waals surface area contributed by atoms with Gasteiger partial charge < -0.3 is 15.2 Å². The largest absolute Gasteiger partial charge is 0.371 e. The number of aromatic nitrogens is 2. The summed E-state index contributed by atoms with van der Waals surface area (Å²) in [6, 6.07) is 12.3. The zero-order chi connectivity index (χ0) is 17.9. The quantitative estimate of drug-likeness (QED) is 0.724. The molecular weight excluding hydrogens is 344 g/mol. The topological polar surface area (TPSA) is 61.0 Å². The van der Waals surface area contributed by atoms with Gasteiger partial charge in [-0.15, -0.1) is 11.3 Å². The lowest BCUT2D eigenvalue weighted by molar-refractivity contribution is 0.0944. The van der Waals surface area contributed by atoms with Gasteiger partial charge in [-0.25, -0.2) is 4.98 Å². The van der Waals surface area contributed by atoms with Crippen molar-refractivity contribution in [3.8, 4) is 11.3 Å². The third-order valence-electron chi connectivity index (χ3n) is 4.80. The Bertz CT molecular complexity index is 886. The van der Waals surface area contributed by atoms with Crippen LogP contribution in [-0.2, 0) is 0 Å². The van der Waals surface area contributed by atoms with Gasteiger partial charge in [-0.2, -0.15) is 0 Å². The van der Waals surface area contributed by atoms with Crippen LogP contribution in [0.3, 0.4) is 0 Å². The summed E-state index contributed by atoms with van der Waals surface area (Å²) in [5.74, 6) is 0.427. The molecule has 1 aromatic carbocycles. The summed E-state index contributed by atoms with van der Waals surface area (Å²) < 4.78 is 0. The van der Waals surface area contributed by atoms with Crippen LogP contribution in [0, 0.1) is 12.8 Å². The van der Waals surface area contributed by atoms with Crippen LogP contribution in [0.4, 0.5) is 5.69 Å². The van der Waals surface area contributed by atoms with E-state index in [1.165, 1.54) is 5.69 Å². The lowest BCUT2D eigenvalue weighted by Gasteiger charge is -2.18. The van der Waals surface area contributed by atoms with Crippen molar-refractivity contribution in [1.29, 1.82) is 0 Å². The first-order chi connectivity index (χ1) is 12.7. The number of hydrogen-bond donors (Lipinski definition) is 2. The van der Waals surface area contributed by atoms with Gasteiger partial charge in [0.05, 0.1) is 10.7 Å². The average Bonchev–Trinajstić information content (AvgIpc) is 3.40. The normalized spacial score (nSPS) is 16.8. The molecule has 26 heavy (non-hydrogen) atoms. The molecule has 0 spiro atoms. The Morgan fingerprint density at radius 1 is 1.38 bits per heavy atom. The molecule has 5 nitrogen and oxygen atoms in total. The summed E-state index contributed by atoms with van der Waals surface area (Å²) >= 11 is 1.61. The molecule has 4 rings (SSSR count). The lowest BCUT2D eigenvalue weighted by atomic mass is 10.1. The second kappa shape index (κ2) is 7.33. The molecule has 0 radical (unpaired) electrons. The van der Waals surface area contributed by atoms with Crippen molar-refractivity contribution < 1.29 is 4.79 Å². The second-order valence-electron chi connectivity index (χ2n) is 6.70. The zero-order valence-electron chi connectivity index (χ0n) is 14.7. The maximum Gasteiger partial charge on any atom is 0.267 e. The molecule has 0 saturated carbocycles. The van der Waals surface area contributed by atoms with Gasteiger partial charge in [0.2, 0.25) is 0 Å². The number of rotatable bonds is 5. The number of benzene rings is 1. The van der Waals surface area contributed by atoms with Crippen LogP contribution < -0.4 is 10.2 Å². The summed E-state index contributed by atoms with van der Waals surface area (Å²) in [4.78, 5) is 22.3. The van der Waals surface area contributed by atoms with Crippen LogP contribution in [-0.4, -0.2) is 35.5 Å². The number of nitrogens with zero attached hydrogens (tertiary/aromatic N) is 2. The van der Waals surface area contributed by atoms with Gasteiger partial charge in [0.15, 0.2) is 0 Å². The van der Waals surface area contributed by atoms with E-state index in [0.717, 1.165) is 35.8 Å². The van der Waals surface area contributed by atoms with Crippen molar-refractivity contribution in [2.45, 2.75) is 13.3 Å². The minimum atomic E-state index is -0.0543. The molecule has 3 aromatic rings. The van der Waals surface area contributed by atoms with Gasteiger partial charge in [-0.05, 0) is 37.5 Å². The molecule has 3 heterocycles. The van der Waals surface area contributed by atoms with Crippen molar-refractivity contribution in [2.75, 3.05) is 24.5 Å². The maximum atomic E-state index is 12.4. The van der Waals surface area contributed by atoms with Crippen LogP contribution in [0.1, 0.15) is 21.9 Å². The van der Waals surface area contributed by atoms with Crippen molar-refractivity contribution in [1.82, 2.24) is 15.3 Å². The summed E-state index contributed by atoms with van der Waals surface area (Å²) in [5.41, 5.74) is 3.71. The van der Waals surface area contributed by atoms with Gasteiger partial charge in [0.25, 0.3) is 5.91 Å². The SMILES string of the molecule is Cc1nc(-c2c[nH]c(C(=O)NC[C@H]3CCN(c4ccccc4)C3)c2)cs1. The fourth-order valence-electron chi connectivity index (χ4n) is 3.37. The first-order valence-corrected chi connectivity index (χ1v) is 9.76. The smallest absolute Gasteiger partial charge is 0.267 e. The Hall–Kier alpha value is -2.60. The van der Waals surface area contributed by atoms with Crippen molar-refractivity contribution >= 4 is 22.9 Å². The number of para-hydroxylation sites is 1. The molecule has 1 fully saturated rings. The second-order valence-corrected chi connectivity index (χ2v) is 7.76. The molecule has 0 bridgehead atoms. The van der Waals surface area contributed by atoms with E-state index < -0.39 is 0 Å². The first-order valence-electron chi connectivity index (χ1n) is 8.88. The molecule has 134 valence electrons. The molecule has 1 atom stereocenters. The zero-order valence-corrected chi connectivity index (χ0v) is 15.6. The van der Waals surface area contributed by atoms with Gasteiger partial charge in [-0.3, -0.25) is 4.79 Å². The van der Waals surface area contributed by atoms with Crippen LogP contribution in [0.15, 0.2) is 48.0 Å². The molecule has 0 unspecified atom stereocenters. The number of anilines is 1. The fourth-order valence-corrected chi connectivity index (χ4v) is 4.00. The van der Waals surface area contributed by atoms with Gasteiger partial charge >= 0.3 is 0 Å². The van der Waals surface area contributed by atoms with Gasteiger partial charge in [0, 0.05) is 42.5 Å². The number of aryl methyl sites for hydroxylation is 1. The Balaban J connectivity index is 1.31. The van der Waals surface area contributed by atoms with E-state index in [2.05, 4.69) is 44.5 Å². The van der Waals surface area contributed by atoms with Crippen molar-refractivity contribution in [3.63, 3.8) is 0 Å². The van der Waals surface area contributed by atoms with E-state index in [1.54, 1.807) is 11.3 Å². The average molecular weight is 366 g/mol. The molecular formula is C20H22N4OS. The molecule has 2 aromatic heterocycles. The minimum absolute atomic E-state index is 0.0543. The molecule has 1 amide bonds. The highest BCUT2D eigenvalue weighted by molar-refractivity contribution is 7.09. The molecule has 6 heteroatoms. The van der Waals surface area contributed by atoms with Gasteiger partial charge in [0.1, 0.15) is 5.69 Å². The van der Waals surface area contributed by atoms with Crippen molar-refractivity contribution in [3.05, 3.63) is 58.7 Å². The molecule has 1 saturated heterocycles. The fraction of sp³-hybridized carbons (Fsp3) is 0.300. The Morgan fingerprint density at radius 2 is 2.23 bits per heavy atom. The minimum Gasteiger partial charge on any atom is -0.371 e. The monoisotopic (exact) mass is 366 g/mol. The van der Waals surface area contributed by atoms with Crippen LogP contribution >= 0.6 is 11.3 Å². The predicted octanol–water partition coefficient (Wildman–Crippen LogP) is 3.70. The van der Waals surface area contributed by atoms with Crippen molar-refractivity contribution in [2.24, 2.45) is 5.92 Å². The highest BCUT2D eigenvalue weighted by Crippen LogP contribution is 2.24. The number of nitrogens with one attached hydrogen (secondary N) is 2. The lowest BCUT2D eigenvalue weighted by Crippen LogP contribution is -2.31. The molecule has 1 aliphatic rings. The number of carbonyl (C=O) groups excluding carboxylic acids is 1. The Labute approximate surface area is 157 Å². The highest BCUT2D eigenvalue weighted by Gasteiger charge is 2.23. The third kappa shape index (κ3) is 3.65. The number of thiazole rings is 1. The Kier molecular flexibility index (Phi) is 4.75. The van der Waals surface area contributed by atoms with Crippen LogP contribution in [0.2, 0.25) is 0 Å². The third-order valence-corrected chi connectivity index (χ3v) is 5.57. The predicted molar refractivity (Wildman–Crippen MR) is 106 cm³/mol. The van der Waals surface area contributed by atoms with E-state index in [1.807, 2.05) is 30.6 Å². The first kappa shape index (κ1) is 16.8. The summed E-state index contributed by atoms with van der Waals surface area (Å²) in [7, 11) is 0. The number of hydrogen-bond acceptors (Lipinski definition) is 4. The highest BCUT2D eigenvalue weighted by atomic mass is 32.1. The molecule has 0 aliphatic carbocycles. The van der Waals surface area contributed by atoms with E-state index in [4.69, 9.17) is 0 Å². The van der Waals surface area contributed by atoms with Crippen LogP contribution in [0.5, 0.6) is 0 Å². The summed E-state index contributed by atoms with van der Waals surface area (Å²) in [6.07, 6.45) is 2.94. The van der Waals surface area contributed by atoms with E-state index in [9.17, 15) is 4.79 Å². The molecule has 2 N–H and O–H groups in total. The molecule has 1 aliphatic heterocycles. The number of amides is 1. The van der Waals surface area contributed by atoms with Crippen LogP contribution in [0.25, 0.3) is 11.3 Å². The number of aromatic amines is 1. The standard InChI is InChI=1S/C20H22N4OS/c1-14-23-19(13-26-14)16-9-18(21-11-16)20(25)22-10-15-7-8-24(12-15)17-5-3-2-4-6-17/h2-6,9,11,13,15,21H,7-8,10,12H2,1H3,(H,22,25)/t15-/m1/s1. The van der Waals surface area contributed by atoms with E-state index in [-0.39, 0.29) is 5.91 Å². The Morgan fingerprint density at radius 3 is 3.00 bits per heavy atom. The number of H-pyrrole nitrogens is 1. The summed E-state index contributed by atoms with van der Waals surface area (Å²) in [5, 5.41) is 6.10.